The van der Waals surface area contributed by atoms with E-state index < -0.39 is 29.8 Å². The van der Waals surface area contributed by atoms with Crippen molar-refractivity contribution in [1.82, 2.24) is 10.6 Å². The van der Waals surface area contributed by atoms with Crippen molar-refractivity contribution in [3.63, 3.8) is 0 Å². The zero-order valence-electron chi connectivity index (χ0n) is 21.8. The monoisotopic (exact) mass is 536 g/mol. The smallest absolute Gasteiger partial charge is 0.323 e. The van der Waals surface area contributed by atoms with Gasteiger partial charge >= 0.3 is 18.0 Å². The fraction of sp³-hybridized carbons (Fsp3) is 0.483. The van der Waals surface area contributed by atoms with Crippen molar-refractivity contribution in [3.05, 3.63) is 53.6 Å². The topological polar surface area (TPSA) is 149 Å². The SMILES string of the molecule is O=C(Nc1cccc(C[C@H](C(=O)O)[C@H]2CCNC2)c1)Nc1cccc2c1OCC[C@@H]2[C@@H](C(=O)O)[C@H]1CCNC1. The van der Waals surface area contributed by atoms with Crippen LogP contribution >= 0.6 is 0 Å². The molecule has 2 saturated heterocycles. The number of carboxylic acids is 2. The summed E-state index contributed by atoms with van der Waals surface area (Å²) in [6, 6.07) is 12.2. The Labute approximate surface area is 227 Å². The largest absolute Gasteiger partial charge is 0.491 e. The Hall–Kier alpha value is -3.63. The maximum atomic E-state index is 13.0. The van der Waals surface area contributed by atoms with Gasteiger partial charge in [0.15, 0.2) is 0 Å². The number of anilines is 2. The summed E-state index contributed by atoms with van der Waals surface area (Å²) in [7, 11) is 0. The number of amides is 2. The number of urea groups is 1. The summed E-state index contributed by atoms with van der Waals surface area (Å²) in [5, 5.41) is 32.0. The van der Waals surface area contributed by atoms with Crippen molar-refractivity contribution in [1.29, 1.82) is 0 Å². The van der Waals surface area contributed by atoms with Gasteiger partial charge in [-0.05, 0) is 87.5 Å². The number of hydrogen-bond acceptors (Lipinski definition) is 6. The highest BCUT2D eigenvalue weighted by molar-refractivity contribution is 6.01. The number of carbonyl (C=O) groups excluding carboxylic acids is 1. The highest BCUT2D eigenvalue weighted by Crippen LogP contribution is 2.45. The van der Waals surface area contributed by atoms with Gasteiger partial charge in [-0.25, -0.2) is 4.79 Å². The number of nitrogens with one attached hydrogen (secondary N) is 4. The molecule has 3 heterocycles. The van der Waals surface area contributed by atoms with Crippen LogP contribution in [0.3, 0.4) is 0 Å². The minimum Gasteiger partial charge on any atom is -0.491 e. The summed E-state index contributed by atoms with van der Waals surface area (Å²) in [5.74, 6) is -2.16. The van der Waals surface area contributed by atoms with E-state index in [2.05, 4.69) is 21.3 Å². The number of aliphatic carboxylic acids is 2. The van der Waals surface area contributed by atoms with E-state index >= 15 is 0 Å². The van der Waals surface area contributed by atoms with Crippen molar-refractivity contribution in [2.75, 3.05) is 43.4 Å². The predicted molar refractivity (Wildman–Crippen MR) is 146 cm³/mol. The molecule has 0 bridgehead atoms. The van der Waals surface area contributed by atoms with Gasteiger partial charge in [0.05, 0.1) is 24.1 Å². The summed E-state index contributed by atoms with van der Waals surface area (Å²) in [6.07, 6.45) is 2.67. The Kier molecular flexibility index (Phi) is 8.33. The Morgan fingerprint density at radius 3 is 2.36 bits per heavy atom. The van der Waals surface area contributed by atoms with Crippen LogP contribution in [0.2, 0.25) is 0 Å². The van der Waals surface area contributed by atoms with Gasteiger partial charge in [0.1, 0.15) is 5.75 Å². The van der Waals surface area contributed by atoms with Crippen LogP contribution in [-0.2, 0) is 16.0 Å². The summed E-state index contributed by atoms with van der Waals surface area (Å²) in [6.45, 7) is 3.42. The number of rotatable bonds is 9. The molecule has 208 valence electrons. The van der Waals surface area contributed by atoms with Gasteiger partial charge < -0.3 is 36.2 Å². The van der Waals surface area contributed by atoms with Crippen LogP contribution in [-0.4, -0.2) is 61.0 Å². The first kappa shape index (κ1) is 27.0. The van der Waals surface area contributed by atoms with Crippen LogP contribution in [0.4, 0.5) is 16.2 Å². The van der Waals surface area contributed by atoms with Gasteiger partial charge in [-0.1, -0.05) is 24.3 Å². The average Bonchev–Trinajstić information content (AvgIpc) is 3.63. The van der Waals surface area contributed by atoms with E-state index in [4.69, 9.17) is 4.74 Å². The molecule has 10 heteroatoms. The maximum Gasteiger partial charge on any atom is 0.323 e. The molecule has 2 amide bonds. The molecule has 5 rings (SSSR count). The fourth-order valence-corrected chi connectivity index (χ4v) is 6.40. The van der Waals surface area contributed by atoms with Crippen LogP contribution in [0.25, 0.3) is 0 Å². The van der Waals surface area contributed by atoms with Gasteiger partial charge in [-0.15, -0.1) is 0 Å². The second-order valence-corrected chi connectivity index (χ2v) is 10.8. The van der Waals surface area contributed by atoms with E-state index in [9.17, 15) is 24.6 Å². The zero-order valence-corrected chi connectivity index (χ0v) is 21.8. The first-order valence-corrected chi connectivity index (χ1v) is 13.7. The molecule has 0 aliphatic carbocycles. The maximum absolute atomic E-state index is 13.0. The van der Waals surface area contributed by atoms with Gasteiger partial charge in [-0.3, -0.25) is 9.59 Å². The molecule has 39 heavy (non-hydrogen) atoms. The highest BCUT2D eigenvalue weighted by atomic mass is 16.5. The third-order valence-corrected chi connectivity index (χ3v) is 8.32. The van der Waals surface area contributed by atoms with Crippen molar-refractivity contribution in [3.8, 4) is 5.75 Å². The number of hydrogen-bond donors (Lipinski definition) is 6. The molecule has 10 nitrogen and oxygen atoms in total. The molecule has 0 radical (unpaired) electrons. The van der Waals surface area contributed by atoms with Crippen LogP contribution < -0.4 is 26.0 Å². The molecule has 3 aliphatic heterocycles. The normalized spacial score (nSPS) is 23.7. The van der Waals surface area contributed by atoms with E-state index in [0.29, 0.717) is 49.7 Å². The quantitative estimate of drug-likeness (QED) is 0.286. The lowest BCUT2D eigenvalue weighted by Crippen LogP contribution is -2.34. The average molecular weight is 537 g/mol. The molecular formula is C29H36N4O6. The lowest BCUT2D eigenvalue weighted by atomic mass is 9.74. The second-order valence-electron chi connectivity index (χ2n) is 10.8. The van der Waals surface area contributed by atoms with E-state index in [0.717, 1.165) is 37.1 Å². The summed E-state index contributed by atoms with van der Waals surface area (Å²) in [4.78, 5) is 37.1. The highest BCUT2D eigenvalue weighted by Gasteiger charge is 2.40. The van der Waals surface area contributed by atoms with E-state index in [1.54, 1.807) is 24.3 Å². The molecule has 0 unspecified atom stereocenters. The van der Waals surface area contributed by atoms with E-state index in [-0.39, 0.29) is 17.8 Å². The lowest BCUT2D eigenvalue weighted by molar-refractivity contribution is -0.145. The standard InChI is InChI=1S/C29H36N4O6/c34-27(35)23(18-7-10-30-15-18)14-17-3-1-4-20(13-17)32-29(38)33-24-6-2-5-22-21(9-12-39-26(22)24)25(28(36)37)19-8-11-31-16-19/h1-6,13,18-19,21,23,25,30-31H,7-12,14-16H2,(H,34,35)(H,36,37)(H2,32,33,38)/t18-,19-,21-,23-,25-/m0/s1. The van der Waals surface area contributed by atoms with Crippen molar-refractivity contribution >= 4 is 29.3 Å². The first-order chi connectivity index (χ1) is 18.9. The zero-order chi connectivity index (χ0) is 27.4. The third kappa shape index (κ3) is 6.17. The summed E-state index contributed by atoms with van der Waals surface area (Å²) in [5.41, 5.74) is 2.69. The summed E-state index contributed by atoms with van der Waals surface area (Å²) >= 11 is 0. The van der Waals surface area contributed by atoms with Gasteiger partial charge in [0.2, 0.25) is 0 Å². The minimum atomic E-state index is -0.804. The van der Waals surface area contributed by atoms with E-state index in [1.807, 2.05) is 18.2 Å². The molecule has 2 fully saturated rings. The minimum absolute atomic E-state index is 0.0521. The van der Waals surface area contributed by atoms with Crippen LogP contribution in [0, 0.1) is 23.7 Å². The van der Waals surface area contributed by atoms with Crippen LogP contribution in [0.15, 0.2) is 42.5 Å². The Bertz CT molecular complexity index is 1210. The number of carboxylic acid groups (broad SMARTS) is 2. The van der Waals surface area contributed by atoms with Crippen molar-refractivity contribution < 1.29 is 29.3 Å². The van der Waals surface area contributed by atoms with Gasteiger partial charge in [0, 0.05) is 17.2 Å². The number of carbonyl (C=O) groups is 3. The van der Waals surface area contributed by atoms with E-state index in [1.165, 1.54) is 0 Å². The third-order valence-electron chi connectivity index (χ3n) is 8.32. The molecule has 6 N–H and O–H groups in total. The Balaban J connectivity index is 1.28. The van der Waals surface area contributed by atoms with Gasteiger partial charge in [0.25, 0.3) is 0 Å². The predicted octanol–water partition coefficient (Wildman–Crippen LogP) is 3.36. The van der Waals surface area contributed by atoms with Crippen molar-refractivity contribution in [2.24, 2.45) is 23.7 Å². The molecule has 0 spiro atoms. The second kappa shape index (κ2) is 12.0. The van der Waals surface area contributed by atoms with Gasteiger partial charge in [-0.2, -0.15) is 0 Å². The Morgan fingerprint density at radius 1 is 0.923 bits per heavy atom. The summed E-state index contributed by atoms with van der Waals surface area (Å²) < 4.78 is 5.95. The number of para-hydroxylation sites is 1. The fourth-order valence-electron chi connectivity index (χ4n) is 6.40. The molecule has 2 aromatic carbocycles. The molecule has 0 aromatic heterocycles. The molecular weight excluding hydrogens is 500 g/mol. The molecule has 3 aliphatic rings. The van der Waals surface area contributed by atoms with Crippen LogP contribution in [0.5, 0.6) is 5.75 Å². The number of ether oxygens (including phenoxy) is 1. The van der Waals surface area contributed by atoms with Crippen LogP contribution in [0.1, 0.15) is 36.3 Å². The molecule has 5 atom stereocenters. The molecule has 2 aromatic rings. The van der Waals surface area contributed by atoms with Crippen molar-refractivity contribution in [2.45, 2.75) is 31.6 Å². The molecule has 0 saturated carbocycles. The first-order valence-electron chi connectivity index (χ1n) is 13.7. The number of benzene rings is 2. The number of fused-ring (bicyclic) bond motifs is 1. The lowest BCUT2D eigenvalue weighted by Gasteiger charge is -2.33. The Morgan fingerprint density at radius 2 is 1.67 bits per heavy atom.